The second-order valence-corrected chi connectivity index (χ2v) is 8.59. The minimum atomic E-state index is 0.0543. The van der Waals surface area contributed by atoms with E-state index in [0.29, 0.717) is 11.8 Å². The van der Waals surface area contributed by atoms with Gasteiger partial charge in [0.2, 0.25) is 5.91 Å². The first-order valence-corrected chi connectivity index (χ1v) is 10.7. The first-order valence-electron chi connectivity index (χ1n) is 10.7. The van der Waals surface area contributed by atoms with Crippen LogP contribution < -0.4 is 5.56 Å². The van der Waals surface area contributed by atoms with Gasteiger partial charge in [-0.2, -0.15) is 5.10 Å². The molecule has 0 spiro atoms. The number of likely N-dealkylation sites (tertiary alicyclic amines) is 2. The summed E-state index contributed by atoms with van der Waals surface area (Å²) in [6.45, 7) is 3.51. The number of hydrogen-bond donors (Lipinski definition) is 0. The fourth-order valence-electron chi connectivity index (χ4n) is 4.94. The molecule has 0 aromatic carbocycles. The topological polar surface area (TPSA) is 58.4 Å². The third-order valence-electron chi connectivity index (χ3n) is 6.68. The number of fused-ring (bicyclic) bond motifs is 1. The summed E-state index contributed by atoms with van der Waals surface area (Å²) in [5, 5.41) is 4.68. The molecule has 4 rings (SSSR count). The summed E-state index contributed by atoms with van der Waals surface area (Å²) in [5.74, 6) is 0.769. The summed E-state index contributed by atoms with van der Waals surface area (Å²) in [5.41, 5.74) is 2.34. The van der Waals surface area contributed by atoms with Gasteiger partial charge < -0.3 is 4.90 Å². The van der Waals surface area contributed by atoms with Crippen molar-refractivity contribution >= 4 is 5.91 Å². The molecule has 6 heteroatoms. The molecule has 1 atom stereocenters. The van der Waals surface area contributed by atoms with Crippen LogP contribution >= 0.6 is 0 Å². The van der Waals surface area contributed by atoms with Crippen molar-refractivity contribution in [2.45, 2.75) is 70.4 Å². The van der Waals surface area contributed by atoms with Crippen LogP contribution in [0.1, 0.15) is 56.2 Å². The molecule has 0 saturated carbocycles. The quantitative estimate of drug-likeness (QED) is 0.812. The van der Waals surface area contributed by atoms with Crippen molar-refractivity contribution in [2.24, 2.45) is 5.92 Å². The van der Waals surface area contributed by atoms with Crippen molar-refractivity contribution in [1.82, 2.24) is 19.6 Å². The van der Waals surface area contributed by atoms with Crippen molar-refractivity contribution in [3.05, 3.63) is 27.7 Å². The van der Waals surface area contributed by atoms with Crippen molar-refractivity contribution in [1.29, 1.82) is 0 Å². The van der Waals surface area contributed by atoms with Gasteiger partial charge in [-0.25, -0.2) is 4.68 Å². The van der Waals surface area contributed by atoms with Crippen LogP contribution in [-0.2, 0) is 24.2 Å². The SMILES string of the molecule is CN1CCCCC(N2CCC(Cn3nc4c(cc3=O)CCCC4)CC2)C1=O. The Kier molecular flexibility index (Phi) is 5.62. The third kappa shape index (κ3) is 4.10. The lowest BCUT2D eigenvalue weighted by Crippen LogP contribution is -2.49. The Morgan fingerprint density at radius 1 is 1.00 bits per heavy atom. The molecule has 0 bridgehead atoms. The van der Waals surface area contributed by atoms with Crippen LogP contribution in [0, 0.1) is 5.92 Å². The van der Waals surface area contributed by atoms with E-state index < -0.39 is 0 Å². The van der Waals surface area contributed by atoms with Crippen LogP contribution in [0.4, 0.5) is 0 Å². The number of aromatic nitrogens is 2. The largest absolute Gasteiger partial charge is 0.344 e. The van der Waals surface area contributed by atoms with Gasteiger partial charge in [0.15, 0.2) is 0 Å². The average molecular weight is 373 g/mol. The van der Waals surface area contributed by atoms with E-state index in [9.17, 15) is 9.59 Å². The third-order valence-corrected chi connectivity index (χ3v) is 6.68. The van der Waals surface area contributed by atoms with Crippen LogP contribution in [0.3, 0.4) is 0 Å². The summed E-state index contributed by atoms with van der Waals surface area (Å²) in [6, 6.07) is 1.87. The molecular weight excluding hydrogens is 340 g/mol. The van der Waals surface area contributed by atoms with E-state index >= 15 is 0 Å². The van der Waals surface area contributed by atoms with E-state index in [1.54, 1.807) is 4.68 Å². The van der Waals surface area contributed by atoms with E-state index in [-0.39, 0.29) is 11.6 Å². The van der Waals surface area contributed by atoms with E-state index in [1.165, 1.54) is 12.8 Å². The Labute approximate surface area is 161 Å². The van der Waals surface area contributed by atoms with Gasteiger partial charge in [-0.1, -0.05) is 0 Å². The lowest BCUT2D eigenvalue weighted by atomic mass is 9.94. The Morgan fingerprint density at radius 3 is 2.59 bits per heavy atom. The molecular formula is C21H32N4O2. The maximum Gasteiger partial charge on any atom is 0.267 e. The molecule has 148 valence electrons. The van der Waals surface area contributed by atoms with E-state index in [0.717, 1.165) is 82.4 Å². The van der Waals surface area contributed by atoms with Gasteiger partial charge in [0.25, 0.3) is 5.56 Å². The molecule has 3 aliphatic rings. The van der Waals surface area contributed by atoms with Gasteiger partial charge in [-0.05, 0) is 82.4 Å². The molecule has 0 N–H and O–H groups in total. The minimum Gasteiger partial charge on any atom is -0.344 e. The maximum absolute atomic E-state index is 12.6. The van der Waals surface area contributed by atoms with Gasteiger partial charge in [0.05, 0.1) is 11.7 Å². The molecule has 1 amide bonds. The van der Waals surface area contributed by atoms with Crippen molar-refractivity contribution in [3.63, 3.8) is 0 Å². The van der Waals surface area contributed by atoms with Crippen LogP contribution in [0.15, 0.2) is 10.9 Å². The number of carbonyl (C=O) groups is 1. The zero-order valence-corrected chi connectivity index (χ0v) is 16.5. The Morgan fingerprint density at radius 2 is 1.78 bits per heavy atom. The van der Waals surface area contributed by atoms with Gasteiger partial charge in [0, 0.05) is 26.2 Å². The molecule has 6 nitrogen and oxygen atoms in total. The smallest absolute Gasteiger partial charge is 0.267 e. The highest BCUT2D eigenvalue weighted by molar-refractivity contribution is 5.81. The maximum atomic E-state index is 12.6. The lowest BCUT2D eigenvalue weighted by Gasteiger charge is -2.37. The number of rotatable bonds is 3. The number of hydrogen-bond acceptors (Lipinski definition) is 4. The minimum absolute atomic E-state index is 0.0543. The number of likely N-dealkylation sites (N-methyl/N-ethyl adjacent to an activating group) is 1. The molecule has 2 saturated heterocycles. The number of aryl methyl sites for hydroxylation is 2. The normalized spacial score (nSPS) is 25.3. The summed E-state index contributed by atoms with van der Waals surface area (Å²) < 4.78 is 1.70. The van der Waals surface area contributed by atoms with Gasteiger partial charge in [-0.3, -0.25) is 14.5 Å². The highest BCUT2D eigenvalue weighted by Gasteiger charge is 2.32. The van der Waals surface area contributed by atoms with E-state index in [2.05, 4.69) is 10.00 Å². The first-order chi connectivity index (χ1) is 13.1. The van der Waals surface area contributed by atoms with Gasteiger partial charge in [0.1, 0.15) is 0 Å². The number of carbonyl (C=O) groups excluding carboxylic acids is 1. The fraction of sp³-hybridized carbons (Fsp3) is 0.762. The lowest BCUT2D eigenvalue weighted by molar-refractivity contribution is -0.135. The summed E-state index contributed by atoms with van der Waals surface area (Å²) >= 11 is 0. The zero-order valence-electron chi connectivity index (χ0n) is 16.5. The second kappa shape index (κ2) is 8.13. The predicted molar refractivity (Wildman–Crippen MR) is 105 cm³/mol. The molecule has 2 fully saturated rings. The van der Waals surface area contributed by atoms with Crippen LogP contribution in [-0.4, -0.2) is 58.2 Å². The Hall–Kier alpha value is -1.69. The standard InChI is InChI=1S/C21H32N4O2/c1-23-11-5-4-8-19(21(23)27)24-12-9-16(10-13-24)15-25-20(26)14-17-6-2-3-7-18(17)22-25/h14,16,19H,2-13,15H2,1H3. The molecule has 1 unspecified atom stereocenters. The Bertz CT molecular complexity index is 736. The Balaban J connectivity index is 1.37. The monoisotopic (exact) mass is 372 g/mol. The van der Waals surface area contributed by atoms with Crippen molar-refractivity contribution in [3.8, 4) is 0 Å². The highest BCUT2D eigenvalue weighted by Crippen LogP contribution is 2.25. The van der Waals surface area contributed by atoms with Gasteiger partial charge in [-0.15, -0.1) is 0 Å². The molecule has 1 aromatic heterocycles. The number of piperidine rings is 1. The summed E-state index contributed by atoms with van der Waals surface area (Å²) in [6.07, 6.45) is 9.67. The fourth-order valence-corrected chi connectivity index (χ4v) is 4.94. The van der Waals surface area contributed by atoms with Crippen molar-refractivity contribution < 1.29 is 4.79 Å². The molecule has 1 aromatic rings. The van der Waals surface area contributed by atoms with Gasteiger partial charge >= 0.3 is 0 Å². The van der Waals surface area contributed by atoms with E-state index in [1.807, 2.05) is 18.0 Å². The molecule has 3 heterocycles. The molecule has 1 aliphatic carbocycles. The van der Waals surface area contributed by atoms with Crippen molar-refractivity contribution in [2.75, 3.05) is 26.7 Å². The highest BCUT2D eigenvalue weighted by atomic mass is 16.2. The van der Waals surface area contributed by atoms with Crippen LogP contribution in [0.25, 0.3) is 0 Å². The number of amides is 1. The van der Waals surface area contributed by atoms with Crippen LogP contribution in [0.2, 0.25) is 0 Å². The first kappa shape index (κ1) is 18.7. The molecule has 2 aliphatic heterocycles. The molecule has 0 radical (unpaired) electrons. The van der Waals surface area contributed by atoms with E-state index in [4.69, 9.17) is 0 Å². The average Bonchev–Trinajstić information content (AvgIpc) is 2.84. The summed E-state index contributed by atoms with van der Waals surface area (Å²) in [4.78, 5) is 29.3. The predicted octanol–water partition coefficient (Wildman–Crippen LogP) is 1.84. The zero-order chi connectivity index (χ0) is 18.8. The summed E-state index contributed by atoms with van der Waals surface area (Å²) in [7, 11) is 1.93. The molecule has 27 heavy (non-hydrogen) atoms. The van der Waals surface area contributed by atoms with Crippen LogP contribution in [0.5, 0.6) is 0 Å². The second-order valence-electron chi connectivity index (χ2n) is 8.59. The number of nitrogens with zero attached hydrogens (tertiary/aromatic N) is 4.